The molecule has 0 aliphatic heterocycles. The summed E-state index contributed by atoms with van der Waals surface area (Å²) in [5.74, 6) is -0.986. The number of carbonyl (C=O) groups is 1. The highest BCUT2D eigenvalue weighted by atomic mass is 16.4. The first-order valence-electron chi connectivity index (χ1n) is 9.91. The first kappa shape index (κ1) is 19.7. The van der Waals surface area contributed by atoms with Crippen molar-refractivity contribution < 1.29 is 9.90 Å². The summed E-state index contributed by atoms with van der Waals surface area (Å²) >= 11 is 0. The van der Waals surface area contributed by atoms with Crippen LogP contribution in [0.1, 0.15) is 41.4 Å². The number of rotatable bonds is 5. The number of anilines is 1. The summed E-state index contributed by atoms with van der Waals surface area (Å²) in [5, 5.41) is 19.7. The molecule has 4 rings (SSSR count). The average molecular weight is 404 g/mol. The van der Waals surface area contributed by atoms with Gasteiger partial charge >= 0.3 is 5.97 Å². The molecule has 0 amide bonds. The van der Waals surface area contributed by atoms with Crippen LogP contribution in [0.5, 0.6) is 0 Å². The molecule has 154 valence electrons. The Morgan fingerprint density at radius 1 is 1.23 bits per heavy atom. The summed E-state index contributed by atoms with van der Waals surface area (Å²) in [6.45, 7) is 6.58. The summed E-state index contributed by atoms with van der Waals surface area (Å²) in [6, 6.07) is 10.6. The molecule has 2 aromatic carbocycles. The second kappa shape index (κ2) is 7.33. The molecular weight excluding hydrogens is 380 g/mol. The van der Waals surface area contributed by atoms with Gasteiger partial charge in [-0.15, -0.1) is 0 Å². The topological polar surface area (TPSA) is 89.2 Å². The third-order valence-corrected chi connectivity index (χ3v) is 5.54. The first-order chi connectivity index (χ1) is 14.3. The van der Waals surface area contributed by atoms with E-state index in [2.05, 4.69) is 10.4 Å². The van der Waals surface area contributed by atoms with Gasteiger partial charge in [-0.1, -0.05) is 18.2 Å². The van der Waals surface area contributed by atoms with Crippen LogP contribution in [0.25, 0.3) is 21.8 Å². The SMILES string of the molecule is CCn1ncc2c3c(C(C)Nc4ccccc4C(=O)O)cc(C)cc3c(=O)n(C)c21. The summed E-state index contributed by atoms with van der Waals surface area (Å²) in [7, 11) is 1.77. The van der Waals surface area contributed by atoms with E-state index in [0.717, 1.165) is 27.5 Å². The van der Waals surface area contributed by atoms with Gasteiger partial charge in [-0.05, 0) is 50.1 Å². The van der Waals surface area contributed by atoms with Crippen LogP contribution in [0.3, 0.4) is 0 Å². The number of hydrogen-bond acceptors (Lipinski definition) is 4. The van der Waals surface area contributed by atoms with Crippen molar-refractivity contribution in [2.75, 3.05) is 5.32 Å². The van der Waals surface area contributed by atoms with Crippen LogP contribution in [0, 0.1) is 6.92 Å². The number of carboxylic acids is 1. The molecule has 0 saturated heterocycles. The third kappa shape index (κ3) is 3.03. The maximum atomic E-state index is 13.2. The Labute approximate surface area is 173 Å². The van der Waals surface area contributed by atoms with Crippen LogP contribution in [0.2, 0.25) is 0 Å². The Morgan fingerprint density at radius 2 is 1.97 bits per heavy atom. The van der Waals surface area contributed by atoms with E-state index < -0.39 is 5.97 Å². The Balaban J connectivity index is 1.97. The number of aromatic carboxylic acids is 1. The lowest BCUT2D eigenvalue weighted by molar-refractivity contribution is 0.0698. The number of nitrogens with zero attached hydrogens (tertiary/aromatic N) is 3. The molecule has 0 spiro atoms. The number of para-hydroxylation sites is 1. The van der Waals surface area contributed by atoms with Crippen LogP contribution in [0.4, 0.5) is 5.69 Å². The van der Waals surface area contributed by atoms with Crippen LogP contribution < -0.4 is 10.9 Å². The van der Waals surface area contributed by atoms with Crippen molar-refractivity contribution >= 4 is 33.5 Å². The highest BCUT2D eigenvalue weighted by Crippen LogP contribution is 2.33. The number of fused-ring (bicyclic) bond motifs is 3. The van der Waals surface area contributed by atoms with Gasteiger partial charge in [0, 0.05) is 41.5 Å². The molecule has 0 aliphatic carbocycles. The first-order valence-corrected chi connectivity index (χ1v) is 9.91. The smallest absolute Gasteiger partial charge is 0.337 e. The number of hydrogen-bond donors (Lipinski definition) is 2. The van der Waals surface area contributed by atoms with Crippen molar-refractivity contribution in [1.82, 2.24) is 14.3 Å². The van der Waals surface area contributed by atoms with E-state index in [9.17, 15) is 14.7 Å². The van der Waals surface area contributed by atoms with E-state index in [1.165, 1.54) is 0 Å². The molecule has 1 unspecified atom stereocenters. The van der Waals surface area contributed by atoms with Crippen molar-refractivity contribution in [3.05, 3.63) is 69.6 Å². The van der Waals surface area contributed by atoms with Gasteiger partial charge in [-0.3, -0.25) is 9.36 Å². The van der Waals surface area contributed by atoms with Crippen molar-refractivity contribution in [2.24, 2.45) is 7.05 Å². The van der Waals surface area contributed by atoms with Crippen molar-refractivity contribution in [3.63, 3.8) is 0 Å². The predicted molar refractivity (Wildman–Crippen MR) is 118 cm³/mol. The molecule has 2 N–H and O–H groups in total. The summed E-state index contributed by atoms with van der Waals surface area (Å²) in [6.07, 6.45) is 1.80. The summed E-state index contributed by atoms with van der Waals surface area (Å²) in [5.41, 5.74) is 3.35. The van der Waals surface area contributed by atoms with Gasteiger partial charge in [0.1, 0.15) is 5.65 Å². The minimum absolute atomic E-state index is 0.0733. The molecule has 0 saturated carbocycles. The maximum Gasteiger partial charge on any atom is 0.337 e. The van der Waals surface area contributed by atoms with Crippen LogP contribution in [-0.2, 0) is 13.6 Å². The standard InChI is InChI=1S/C23H24N4O3/c1-5-27-21-18(12-24-27)20-16(10-13(2)11-17(20)22(28)26(21)4)14(3)25-19-9-7-6-8-15(19)23(29)30/h6-12,14,25H,5H2,1-4H3,(H,29,30). The zero-order valence-electron chi connectivity index (χ0n) is 17.4. The van der Waals surface area contributed by atoms with E-state index in [0.29, 0.717) is 17.6 Å². The molecule has 0 fully saturated rings. The fourth-order valence-corrected chi connectivity index (χ4v) is 4.15. The van der Waals surface area contributed by atoms with Gasteiger partial charge in [0.25, 0.3) is 5.56 Å². The van der Waals surface area contributed by atoms with E-state index in [1.54, 1.807) is 42.1 Å². The van der Waals surface area contributed by atoms with Crippen LogP contribution in [-0.4, -0.2) is 25.4 Å². The zero-order chi connectivity index (χ0) is 21.6. The third-order valence-electron chi connectivity index (χ3n) is 5.54. The van der Waals surface area contributed by atoms with Crippen molar-refractivity contribution in [3.8, 4) is 0 Å². The molecule has 7 heteroatoms. The van der Waals surface area contributed by atoms with Crippen molar-refractivity contribution in [2.45, 2.75) is 33.4 Å². The van der Waals surface area contributed by atoms with Crippen LogP contribution >= 0.6 is 0 Å². The number of nitrogens with one attached hydrogen (secondary N) is 1. The van der Waals surface area contributed by atoms with E-state index in [1.807, 2.05) is 37.6 Å². The number of aryl methyl sites for hydroxylation is 3. The lowest BCUT2D eigenvalue weighted by Gasteiger charge is -2.20. The van der Waals surface area contributed by atoms with E-state index >= 15 is 0 Å². The summed E-state index contributed by atoms with van der Waals surface area (Å²) in [4.78, 5) is 24.8. The largest absolute Gasteiger partial charge is 0.478 e. The molecule has 30 heavy (non-hydrogen) atoms. The zero-order valence-corrected chi connectivity index (χ0v) is 17.4. The molecule has 0 bridgehead atoms. The highest BCUT2D eigenvalue weighted by molar-refractivity contribution is 6.07. The molecular formula is C23H24N4O3. The number of benzene rings is 2. The summed E-state index contributed by atoms with van der Waals surface area (Å²) < 4.78 is 3.47. The molecule has 1 atom stereocenters. The van der Waals surface area contributed by atoms with Crippen LogP contribution in [0.15, 0.2) is 47.4 Å². The lowest BCUT2D eigenvalue weighted by atomic mass is 9.95. The normalized spacial score (nSPS) is 12.4. The van der Waals surface area contributed by atoms with Gasteiger partial charge in [-0.25, -0.2) is 9.48 Å². The second-order valence-electron chi connectivity index (χ2n) is 7.56. The van der Waals surface area contributed by atoms with Gasteiger partial charge in [0.15, 0.2) is 0 Å². The quantitative estimate of drug-likeness (QED) is 0.523. The molecule has 7 nitrogen and oxygen atoms in total. The van der Waals surface area contributed by atoms with E-state index in [4.69, 9.17) is 0 Å². The van der Waals surface area contributed by atoms with E-state index in [-0.39, 0.29) is 17.2 Å². The van der Waals surface area contributed by atoms with Gasteiger partial charge in [0.05, 0.1) is 11.8 Å². The molecule has 2 heterocycles. The fraction of sp³-hybridized carbons (Fsp3) is 0.261. The Hall–Kier alpha value is -3.61. The Bertz CT molecular complexity index is 1350. The van der Waals surface area contributed by atoms with Gasteiger partial charge < -0.3 is 10.4 Å². The number of aromatic nitrogens is 3. The highest BCUT2D eigenvalue weighted by Gasteiger charge is 2.20. The molecule has 4 aromatic rings. The Kier molecular flexibility index (Phi) is 4.81. The molecule has 0 radical (unpaired) electrons. The molecule has 0 aliphatic rings. The fourth-order valence-electron chi connectivity index (χ4n) is 4.15. The average Bonchev–Trinajstić information content (AvgIpc) is 3.15. The predicted octanol–water partition coefficient (Wildman–Crippen LogP) is 4.09. The minimum atomic E-state index is -0.986. The van der Waals surface area contributed by atoms with Gasteiger partial charge in [0.2, 0.25) is 0 Å². The number of pyridine rings is 1. The lowest BCUT2D eigenvalue weighted by Crippen LogP contribution is -2.21. The number of carboxylic acid groups (broad SMARTS) is 1. The second-order valence-corrected chi connectivity index (χ2v) is 7.56. The Morgan fingerprint density at radius 3 is 2.67 bits per heavy atom. The minimum Gasteiger partial charge on any atom is -0.478 e. The monoisotopic (exact) mass is 404 g/mol. The van der Waals surface area contributed by atoms with Gasteiger partial charge in [-0.2, -0.15) is 5.10 Å². The maximum absolute atomic E-state index is 13.2. The van der Waals surface area contributed by atoms with Crippen molar-refractivity contribution in [1.29, 1.82) is 0 Å². The molecule has 2 aromatic heterocycles.